The molecule has 192 valence electrons. The number of aliphatic hydroxyl groups excluding tert-OH is 1. The molecule has 0 radical (unpaired) electrons. The van der Waals surface area contributed by atoms with Gasteiger partial charge in [-0.3, -0.25) is 15.1 Å². The van der Waals surface area contributed by atoms with Gasteiger partial charge in [0.25, 0.3) is 0 Å². The van der Waals surface area contributed by atoms with Gasteiger partial charge in [0, 0.05) is 24.4 Å². The van der Waals surface area contributed by atoms with Gasteiger partial charge in [0.05, 0.1) is 17.6 Å². The van der Waals surface area contributed by atoms with Crippen LogP contribution < -0.4 is 16.0 Å². The Bertz CT molecular complexity index is 1040. The summed E-state index contributed by atoms with van der Waals surface area (Å²) < 4.78 is 23.0. The van der Waals surface area contributed by atoms with Gasteiger partial charge in [-0.1, -0.05) is 23.8 Å². The fraction of sp³-hybridized carbons (Fsp3) is 0.542. The van der Waals surface area contributed by atoms with Crippen molar-refractivity contribution in [1.29, 1.82) is 0 Å². The van der Waals surface area contributed by atoms with Crippen LogP contribution in [0, 0.1) is 11.8 Å². The maximum Gasteiger partial charge on any atom is 0.320 e. The molecule has 0 aliphatic heterocycles. The first-order valence-electron chi connectivity index (χ1n) is 11.8. The van der Waals surface area contributed by atoms with Crippen molar-refractivity contribution in [1.82, 2.24) is 15.6 Å². The average molecular weight is 507 g/mol. The maximum atomic E-state index is 12.5. The minimum atomic E-state index is -3.34. The SMILES string of the molecule is CS(=O)(=O)CC[C@H](NC(O)C1CCC(NC(=O)Nc2cccnc2)C=C1C1CC=CCC1)C(=O)O. The Morgan fingerprint density at radius 1 is 1.23 bits per heavy atom. The normalized spacial score (nSPS) is 24.2. The van der Waals surface area contributed by atoms with Crippen LogP contribution in [-0.4, -0.2) is 65.9 Å². The van der Waals surface area contributed by atoms with E-state index in [9.17, 15) is 28.2 Å². The van der Waals surface area contributed by atoms with Crippen molar-refractivity contribution in [3.63, 3.8) is 0 Å². The molecule has 0 saturated carbocycles. The Morgan fingerprint density at radius 2 is 2.03 bits per heavy atom. The van der Waals surface area contributed by atoms with Crippen molar-refractivity contribution in [2.75, 3.05) is 17.3 Å². The molecule has 4 unspecified atom stereocenters. The third-order valence-electron chi connectivity index (χ3n) is 6.42. The van der Waals surface area contributed by atoms with E-state index in [1.165, 1.54) is 0 Å². The zero-order chi connectivity index (χ0) is 25.4. The molecule has 5 N–H and O–H groups in total. The zero-order valence-electron chi connectivity index (χ0n) is 19.8. The lowest BCUT2D eigenvalue weighted by molar-refractivity contribution is -0.141. The molecule has 1 aromatic heterocycles. The van der Waals surface area contributed by atoms with Crippen LogP contribution in [0.5, 0.6) is 0 Å². The van der Waals surface area contributed by atoms with Crippen LogP contribution in [0.1, 0.15) is 38.5 Å². The molecule has 3 rings (SSSR count). The standard InChI is InChI=1S/C24H34N4O6S/c1-35(33,34)13-11-21(23(30)31)28-22(29)19-10-9-17(14-20(19)16-6-3-2-4-7-16)26-24(32)27-18-8-5-12-25-15-18/h2-3,5,8,12,14-17,19,21-22,28-29H,4,6-7,9-11,13H2,1H3,(H,30,31)(H2,26,27,32)/t16?,17?,19?,21-,22?/m0/s1. The summed E-state index contributed by atoms with van der Waals surface area (Å²) in [7, 11) is -3.34. The van der Waals surface area contributed by atoms with Crippen molar-refractivity contribution in [3.05, 3.63) is 48.3 Å². The number of carboxylic acids is 1. The first kappa shape index (κ1) is 26.8. The number of rotatable bonds is 10. The Kier molecular flexibility index (Phi) is 9.41. The summed E-state index contributed by atoms with van der Waals surface area (Å²) in [6, 6.07) is 1.68. The number of allylic oxidation sites excluding steroid dienone is 2. The van der Waals surface area contributed by atoms with Gasteiger partial charge in [-0.05, 0) is 56.6 Å². The zero-order valence-corrected chi connectivity index (χ0v) is 20.6. The molecular formula is C24H34N4O6S. The summed E-state index contributed by atoms with van der Waals surface area (Å²) in [6.07, 6.45) is 12.9. The molecule has 10 nitrogen and oxygen atoms in total. The molecule has 0 saturated heterocycles. The van der Waals surface area contributed by atoms with E-state index in [2.05, 4.69) is 33.1 Å². The highest BCUT2D eigenvalue weighted by molar-refractivity contribution is 7.90. The molecule has 0 fully saturated rings. The van der Waals surface area contributed by atoms with Gasteiger partial charge in [0.2, 0.25) is 0 Å². The number of nitrogens with one attached hydrogen (secondary N) is 3. The number of amides is 2. The highest BCUT2D eigenvalue weighted by Crippen LogP contribution is 2.37. The first-order chi connectivity index (χ1) is 16.6. The van der Waals surface area contributed by atoms with E-state index < -0.39 is 28.1 Å². The smallest absolute Gasteiger partial charge is 0.320 e. The van der Waals surface area contributed by atoms with Crippen LogP contribution in [0.25, 0.3) is 0 Å². The molecule has 1 aromatic rings. The number of aromatic nitrogens is 1. The summed E-state index contributed by atoms with van der Waals surface area (Å²) in [5, 5.41) is 29.0. The molecular weight excluding hydrogens is 472 g/mol. The number of nitrogens with zero attached hydrogens (tertiary/aromatic N) is 1. The number of aliphatic hydroxyl groups is 1. The molecule has 0 bridgehead atoms. The quantitative estimate of drug-likeness (QED) is 0.238. The van der Waals surface area contributed by atoms with E-state index >= 15 is 0 Å². The van der Waals surface area contributed by atoms with E-state index in [1.807, 2.05) is 6.08 Å². The average Bonchev–Trinajstić information content (AvgIpc) is 2.82. The molecule has 2 amide bonds. The number of carbonyl (C=O) groups is 2. The maximum absolute atomic E-state index is 12.5. The Labute approximate surface area is 205 Å². The van der Waals surface area contributed by atoms with E-state index in [4.69, 9.17) is 0 Å². The lowest BCUT2D eigenvalue weighted by atomic mass is 9.74. The van der Waals surface area contributed by atoms with Crippen molar-refractivity contribution in [2.45, 2.75) is 56.8 Å². The Morgan fingerprint density at radius 3 is 2.66 bits per heavy atom. The second kappa shape index (κ2) is 12.3. The predicted octanol–water partition coefficient (Wildman–Crippen LogP) is 2.06. The van der Waals surface area contributed by atoms with Crippen molar-refractivity contribution in [2.24, 2.45) is 11.8 Å². The summed E-state index contributed by atoms with van der Waals surface area (Å²) >= 11 is 0. The molecule has 11 heteroatoms. The van der Waals surface area contributed by atoms with Gasteiger partial charge in [0.1, 0.15) is 22.1 Å². The molecule has 35 heavy (non-hydrogen) atoms. The van der Waals surface area contributed by atoms with Crippen LogP contribution in [0.2, 0.25) is 0 Å². The molecule has 2 aliphatic carbocycles. The first-order valence-corrected chi connectivity index (χ1v) is 13.9. The minimum Gasteiger partial charge on any atom is -0.480 e. The fourth-order valence-corrected chi connectivity index (χ4v) is 5.32. The number of anilines is 1. The van der Waals surface area contributed by atoms with Gasteiger partial charge >= 0.3 is 12.0 Å². The molecule has 0 spiro atoms. The minimum absolute atomic E-state index is 0.137. The van der Waals surface area contributed by atoms with Crippen molar-refractivity contribution in [3.8, 4) is 0 Å². The third-order valence-corrected chi connectivity index (χ3v) is 7.39. The van der Waals surface area contributed by atoms with E-state index in [0.717, 1.165) is 31.1 Å². The molecule has 1 heterocycles. The number of carbonyl (C=O) groups excluding carboxylic acids is 1. The highest BCUT2D eigenvalue weighted by atomic mass is 32.2. The van der Waals surface area contributed by atoms with Gasteiger partial charge in [0.15, 0.2) is 0 Å². The monoisotopic (exact) mass is 506 g/mol. The summed E-state index contributed by atoms with van der Waals surface area (Å²) in [5.74, 6) is -1.67. The van der Waals surface area contributed by atoms with E-state index in [1.54, 1.807) is 24.5 Å². The Balaban J connectivity index is 1.72. The Hall–Kier alpha value is -2.76. The lowest BCUT2D eigenvalue weighted by Gasteiger charge is -2.37. The summed E-state index contributed by atoms with van der Waals surface area (Å²) in [5.41, 5.74) is 1.56. The topological polar surface area (TPSA) is 158 Å². The number of sulfone groups is 1. The number of hydrogen-bond donors (Lipinski definition) is 5. The van der Waals surface area contributed by atoms with Crippen LogP contribution >= 0.6 is 0 Å². The fourth-order valence-electron chi connectivity index (χ4n) is 4.66. The largest absolute Gasteiger partial charge is 0.480 e. The third kappa shape index (κ3) is 8.44. The second-order valence-corrected chi connectivity index (χ2v) is 11.5. The molecule has 2 aliphatic rings. The summed E-state index contributed by atoms with van der Waals surface area (Å²) in [4.78, 5) is 28.2. The van der Waals surface area contributed by atoms with Crippen LogP contribution in [0.3, 0.4) is 0 Å². The number of pyridine rings is 1. The van der Waals surface area contributed by atoms with E-state index in [0.29, 0.717) is 18.5 Å². The van der Waals surface area contributed by atoms with Gasteiger partial charge in [-0.2, -0.15) is 0 Å². The van der Waals surface area contributed by atoms with Crippen LogP contribution in [0.4, 0.5) is 10.5 Å². The van der Waals surface area contributed by atoms with E-state index in [-0.39, 0.29) is 36.1 Å². The van der Waals surface area contributed by atoms with Crippen LogP contribution in [-0.2, 0) is 14.6 Å². The van der Waals surface area contributed by atoms with Crippen LogP contribution in [0.15, 0.2) is 48.3 Å². The van der Waals surface area contributed by atoms with Gasteiger partial charge < -0.3 is 20.8 Å². The second-order valence-electron chi connectivity index (χ2n) is 9.20. The summed E-state index contributed by atoms with van der Waals surface area (Å²) in [6.45, 7) is 0. The van der Waals surface area contributed by atoms with Crippen molar-refractivity contribution >= 4 is 27.5 Å². The van der Waals surface area contributed by atoms with Crippen molar-refractivity contribution < 1.29 is 28.2 Å². The van der Waals surface area contributed by atoms with Gasteiger partial charge in [-0.15, -0.1) is 0 Å². The lowest BCUT2D eigenvalue weighted by Crippen LogP contribution is -2.50. The molecule has 5 atom stereocenters. The number of carboxylic acid groups (broad SMARTS) is 1. The van der Waals surface area contributed by atoms with Gasteiger partial charge in [-0.25, -0.2) is 13.2 Å². The highest BCUT2D eigenvalue weighted by Gasteiger charge is 2.35. The number of urea groups is 1. The number of hydrogen-bond acceptors (Lipinski definition) is 7. The number of aliphatic carboxylic acids is 1. The predicted molar refractivity (Wildman–Crippen MR) is 132 cm³/mol. The molecule has 0 aromatic carbocycles.